The SMILES string of the molecule is Cc1cc(C(=O)Nc2nc3cccc(Cl)c3n2[C@@H]2CCCCN(C(=O)/C=C/CN3CC[C@H](F)C3)C2)ccn1. The molecular formula is C28H32ClFN6O2. The molecule has 0 aliphatic carbocycles. The van der Waals surface area contributed by atoms with E-state index in [-0.39, 0.29) is 17.9 Å². The third kappa shape index (κ3) is 5.89. The lowest BCUT2D eigenvalue weighted by molar-refractivity contribution is -0.126. The highest BCUT2D eigenvalue weighted by Gasteiger charge is 2.28. The van der Waals surface area contributed by atoms with Gasteiger partial charge in [-0.25, -0.2) is 9.37 Å². The van der Waals surface area contributed by atoms with Gasteiger partial charge in [-0.3, -0.25) is 24.8 Å². The summed E-state index contributed by atoms with van der Waals surface area (Å²) in [6.45, 7) is 4.65. The predicted molar refractivity (Wildman–Crippen MR) is 146 cm³/mol. The predicted octanol–water partition coefficient (Wildman–Crippen LogP) is 4.80. The van der Waals surface area contributed by atoms with E-state index in [4.69, 9.17) is 16.6 Å². The highest BCUT2D eigenvalue weighted by atomic mass is 35.5. The number of nitrogens with one attached hydrogen (secondary N) is 1. The Bertz CT molecular complexity index is 1360. The molecule has 2 fully saturated rings. The summed E-state index contributed by atoms with van der Waals surface area (Å²) >= 11 is 6.64. The van der Waals surface area contributed by atoms with Gasteiger partial charge in [0.05, 0.1) is 22.1 Å². The van der Waals surface area contributed by atoms with Gasteiger partial charge in [0.1, 0.15) is 6.17 Å². The summed E-state index contributed by atoms with van der Waals surface area (Å²) in [7, 11) is 0. The summed E-state index contributed by atoms with van der Waals surface area (Å²) in [6.07, 6.45) is 7.41. The fourth-order valence-corrected chi connectivity index (χ4v) is 5.56. The first-order valence-electron chi connectivity index (χ1n) is 13.1. The largest absolute Gasteiger partial charge is 0.337 e. The summed E-state index contributed by atoms with van der Waals surface area (Å²) in [5.41, 5.74) is 2.65. The molecular weight excluding hydrogens is 507 g/mol. The summed E-state index contributed by atoms with van der Waals surface area (Å²) < 4.78 is 15.4. The lowest BCUT2D eigenvalue weighted by Gasteiger charge is -2.26. The van der Waals surface area contributed by atoms with Gasteiger partial charge in [-0.1, -0.05) is 23.7 Å². The van der Waals surface area contributed by atoms with Gasteiger partial charge in [0, 0.05) is 56.3 Å². The number of benzene rings is 1. The molecule has 8 nitrogen and oxygen atoms in total. The maximum Gasteiger partial charge on any atom is 0.258 e. The van der Waals surface area contributed by atoms with E-state index < -0.39 is 6.17 Å². The number of halogens is 2. The molecule has 0 unspecified atom stereocenters. The smallest absolute Gasteiger partial charge is 0.258 e. The number of para-hydroxylation sites is 1. The lowest BCUT2D eigenvalue weighted by Crippen LogP contribution is -2.35. The zero-order chi connectivity index (χ0) is 26.6. The van der Waals surface area contributed by atoms with Crippen LogP contribution < -0.4 is 5.32 Å². The van der Waals surface area contributed by atoms with Crippen molar-refractivity contribution in [1.29, 1.82) is 0 Å². The molecule has 2 atom stereocenters. The van der Waals surface area contributed by atoms with E-state index in [9.17, 15) is 14.0 Å². The Morgan fingerprint density at radius 2 is 2.05 bits per heavy atom. The molecule has 2 saturated heterocycles. The molecule has 2 aromatic heterocycles. The average Bonchev–Trinajstić information content (AvgIpc) is 3.38. The van der Waals surface area contributed by atoms with Crippen molar-refractivity contribution in [1.82, 2.24) is 24.3 Å². The number of amides is 2. The van der Waals surface area contributed by atoms with E-state index in [1.165, 1.54) is 0 Å². The van der Waals surface area contributed by atoms with Crippen LogP contribution >= 0.6 is 11.6 Å². The molecule has 2 aliphatic heterocycles. The number of rotatable bonds is 6. The van der Waals surface area contributed by atoms with Crippen LogP contribution in [-0.2, 0) is 4.79 Å². The van der Waals surface area contributed by atoms with Crippen molar-refractivity contribution in [3.8, 4) is 0 Å². The molecule has 38 heavy (non-hydrogen) atoms. The van der Waals surface area contributed by atoms with E-state index in [0.717, 1.165) is 30.5 Å². The molecule has 0 bridgehead atoms. The van der Waals surface area contributed by atoms with Crippen molar-refractivity contribution in [3.05, 3.63) is 65.0 Å². The first-order valence-corrected chi connectivity index (χ1v) is 13.5. The van der Waals surface area contributed by atoms with Gasteiger partial charge in [0.2, 0.25) is 11.9 Å². The van der Waals surface area contributed by atoms with Crippen LogP contribution in [0.15, 0.2) is 48.7 Å². The van der Waals surface area contributed by atoms with Crippen molar-refractivity contribution >= 4 is 40.4 Å². The van der Waals surface area contributed by atoms with Crippen LogP contribution in [0.1, 0.15) is 47.8 Å². The maximum absolute atomic E-state index is 13.5. The van der Waals surface area contributed by atoms with Gasteiger partial charge in [-0.2, -0.15) is 0 Å². The molecule has 200 valence electrons. The zero-order valence-electron chi connectivity index (χ0n) is 21.4. The Balaban J connectivity index is 1.39. The van der Waals surface area contributed by atoms with Crippen molar-refractivity contribution in [2.24, 2.45) is 0 Å². The van der Waals surface area contributed by atoms with Crippen LogP contribution in [0.5, 0.6) is 0 Å². The average molecular weight is 539 g/mol. The van der Waals surface area contributed by atoms with Crippen LogP contribution in [0.25, 0.3) is 11.0 Å². The fourth-order valence-electron chi connectivity index (χ4n) is 5.30. The molecule has 1 aromatic carbocycles. The second-order valence-corrected chi connectivity index (χ2v) is 10.4. The summed E-state index contributed by atoms with van der Waals surface area (Å²) in [5, 5.41) is 3.51. The van der Waals surface area contributed by atoms with E-state index in [1.807, 2.05) is 45.6 Å². The molecule has 2 amide bonds. The summed E-state index contributed by atoms with van der Waals surface area (Å²) in [6, 6.07) is 8.77. The number of anilines is 1. The molecule has 3 aromatic rings. The Morgan fingerprint density at radius 3 is 2.84 bits per heavy atom. The van der Waals surface area contributed by atoms with Gasteiger partial charge in [-0.15, -0.1) is 0 Å². The number of carbonyl (C=O) groups is 2. The summed E-state index contributed by atoms with van der Waals surface area (Å²) in [5.74, 6) is 0.0450. The van der Waals surface area contributed by atoms with E-state index in [0.29, 0.717) is 61.2 Å². The molecule has 10 heteroatoms. The molecule has 0 spiro atoms. The van der Waals surface area contributed by atoms with Crippen molar-refractivity contribution in [3.63, 3.8) is 0 Å². The number of imidazole rings is 1. The second kappa shape index (κ2) is 11.6. The molecule has 1 N–H and O–H groups in total. The fraction of sp³-hybridized carbons (Fsp3) is 0.429. The Labute approximate surface area is 226 Å². The van der Waals surface area contributed by atoms with E-state index in [1.54, 1.807) is 24.4 Å². The minimum absolute atomic E-state index is 0.0683. The zero-order valence-corrected chi connectivity index (χ0v) is 22.2. The van der Waals surface area contributed by atoms with E-state index in [2.05, 4.69) is 10.3 Å². The first kappa shape index (κ1) is 26.3. The number of hydrogen-bond donors (Lipinski definition) is 1. The molecule has 4 heterocycles. The third-order valence-corrected chi connectivity index (χ3v) is 7.51. The van der Waals surface area contributed by atoms with Gasteiger partial charge < -0.3 is 9.47 Å². The summed E-state index contributed by atoms with van der Waals surface area (Å²) in [4.78, 5) is 39.0. The number of aromatic nitrogens is 3. The Kier molecular flexibility index (Phi) is 8.04. The minimum atomic E-state index is -0.778. The molecule has 5 rings (SSSR count). The van der Waals surface area contributed by atoms with Crippen molar-refractivity contribution < 1.29 is 14.0 Å². The van der Waals surface area contributed by atoms with Crippen molar-refractivity contribution in [2.75, 3.05) is 38.0 Å². The van der Waals surface area contributed by atoms with Crippen LogP contribution in [0.3, 0.4) is 0 Å². The minimum Gasteiger partial charge on any atom is -0.337 e. The van der Waals surface area contributed by atoms with Crippen molar-refractivity contribution in [2.45, 2.75) is 44.8 Å². The standard InChI is InChI=1S/C28H32ClFN6O2/c1-19-16-20(10-12-31-19)27(38)33-28-32-24-8-4-7-23(29)26(24)36(28)22-6-2-3-14-35(18-22)25(37)9-5-13-34-15-11-21(30)17-34/h4-5,7-10,12,16,21-22H,2-3,6,11,13-15,17-18H2,1H3,(H,32,33,38)/b9-5+/t21-,22+/m0/s1. The molecule has 0 radical (unpaired) electrons. The number of likely N-dealkylation sites (tertiary alicyclic amines) is 2. The second-order valence-electron chi connectivity index (χ2n) is 10.0. The Hall–Kier alpha value is -3.30. The highest BCUT2D eigenvalue weighted by Crippen LogP contribution is 2.34. The van der Waals surface area contributed by atoms with Crippen LogP contribution in [0, 0.1) is 6.92 Å². The topological polar surface area (TPSA) is 83.4 Å². The van der Waals surface area contributed by atoms with Gasteiger partial charge in [0.15, 0.2) is 0 Å². The van der Waals surface area contributed by atoms with Gasteiger partial charge in [0.25, 0.3) is 5.91 Å². The first-order chi connectivity index (χ1) is 18.4. The van der Waals surface area contributed by atoms with Crippen LogP contribution in [0.4, 0.5) is 10.3 Å². The number of fused-ring (bicyclic) bond motifs is 1. The quantitative estimate of drug-likeness (QED) is 0.456. The normalized spacial score (nSPS) is 20.8. The number of aryl methyl sites for hydroxylation is 1. The third-order valence-electron chi connectivity index (χ3n) is 7.21. The number of alkyl halides is 1. The lowest BCUT2D eigenvalue weighted by atomic mass is 10.1. The molecule has 2 aliphatic rings. The van der Waals surface area contributed by atoms with E-state index >= 15 is 0 Å². The number of pyridine rings is 1. The Morgan fingerprint density at radius 1 is 1.18 bits per heavy atom. The highest BCUT2D eigenvalue weighted by molar-refractivity contribution is 6.35. The number of nitrogens with zero attached hydrogens (tertiary/aromatic N) is 5. The van der Waals surface area contributed by atoms with Gasteiger partial charge >= 0.3 is 0 Å². The number of hydrogen-bond acceptors (Lipinski definition) is 5. The monoisotopic (exact) mass is 538 g/mol. The molecule has 0 saturated carbocycles. The van der Waals surface area contributed by atoms with Crippen LogP contribution in [0.2, 0.25) is 5.02 Å². The van der Waals surface area contributed by atoms with Crippen LogP contribution in [-0.4, -0.2) is 75.0 Å². The maximum atomic E-state index is 13.5. The number of carbonyl (C=O) groups excluding carboxylic acids is 2. The van der Waals surface area contributed by atoms with Gasteiger partial charge in [-0.05, 0) is 56.9 Å².